The third-order valence-corrected chi connectivity index (χ3v) is 3.50. The van der Waals surface area contributed by atoms with Crippen LogP contribution in [0.4, 0.5) is 5.82 Å². The summed E-state index contributed by atoms with van der Waals surface area (Å²) in [6, 6.07) is 0.117. The van der Waals surface area contributed by atoms with Crippen LogP contribution in [0.1, 0.15) is 36.7 Å². The molecule has 0 aliphatic carbocycles. The maximum atomic E-state index is 12.0. The topological polar surface area (TPSA) is 70.2 Å². The summed E-state index contributed by atoms with van der Waals surface area (Å²) in [6.45, 7) is 5.20. The molecular weight excluding hydrogens is 254 g/mol. The first-order valence-corrected chi connectivity index (χ1v) is 7.22. The van der Waals surface area contributed by atoms with Crippen LogP contribution in [0.2, 0.25) is 0 Å². The molecule has 1 atom stereocenters. The molecule has 2 rings (SSSR count). The number of piperidine rings is 1. The Hall–Kier alpha value is -1.69. The highest BCUT2D eigenvalue weighted by Gasteiger charge is 2.16. The molecular formula is C14H23N5O. The van der Waals surface area contributed by atoms with Crippen molar-refractivity contribution in [3.63, 3.8) is 0 Å². The zero-order valence-corrected chi connectivity index (χ0v) is 12.2. The first-order chi connectivity index (χ1) is 9.69. The molecule has 2 heterocycles. The number of anilines is 1. The lowest BCUT2D eigenvalue weighted by Crippen LogP contribution is -2.43. The summed E-state index contributed by atoms with van der Waals surface area (Å²) in [6.07, 6.45) is 6.90. The Kier molecular flexibility index (Phi) is 5.29. The van der Waals surface area contributed by atoms with E-state index in [0.29, 0.717) is 11.5 Å². The first-order valence-electron chi connectivity index (χ1n) is 7.22. The number of carbonyl (C=O) groups is 1. The quantitative estimate of drug-likeness (QED) is 0.844. The molecule has 6 heteroatoms. The number of likely N-dealkylation sites (tertiary alicyclic amines) is 1. The summed E-state index contributed by atoms with van der Waals surface area (Å²) < 4.78 is 0. The molecule has 0 aromatic carbocycles. The molecule has 1 aliphatic heterocycles. The Labute approximate surface area is 120 Å². The fourth-order valence-corrected chi connectivity index (χ4v) is 2.45. The average Bonchev–Trinajstić information content (AvgIpc) is 2.48. The van der Waals surface area contributed by atoms with Gasteiger partial charge in [-0.15, -0.1) is 0 Å². The molecule has 0 bridgehead atoms. The highest BCUT2D eigenvalue weighted by atomic mass is 16.1. The normalized spacial score (nSPS) is 17.5. The molecule has 1 aromatic heterocycles. The predicted molar refractivity (Wildman–Crippen MR) is 78.8 cm³/mol. The number of rotatable bonds is 5. The summed E-state index contributed by atoms with van der Waals surface area (Å²) in [5.41, 5.74) is 0.356. The van der Waals surface area contributed by atoms with Crippen LogP contribution in [0.3, 0.4) is 0 Å². The minimum Gasteiger partial charge on any atom is -0.372 e. The number of hydrogen-bond donors (Lipinski definition) is 2. The van der Waals surface area contributed by atoms with E-state index in [1.165, 1.54) is 25.5 Å². The largest absolute Gasteiger partial charge is 0.372 e. The van der Waals surface area contributed by atoms with Crippen molar-refractivity contribution in [2.24, 2.45) is 0 Å². The maximum absolute atomic E-state index is 12.0. The van der Waals surface area contributed by atoms with Gasteiger partial charge in [-0.05, 0) is 32.9 Å². The van der Waals surface area contributed by atoms with E-state index in [-0.39, 0.29) is 11.9 Å². The van der Waals surface area contributed by atoms with Gasteiger partial charge in [-0.3, -0.25) is 4.79 Å². The van der Waals surface area contributed by atoms with Crippen molar-refractivity contribution in [1.82, 2.24) is 20.2 Å². The highest BCUT2D eigenvalue weighted by Crippen LogP contribution is 2.09. The molecule has 1 aromatic rings. The van der Waals surface area contributed by atoms with Crippen molar-refractivity contribution in [2.45, 2.75) is 32.2 Å². The van der Waals surface area contributed by atoms with Crippen molar-refractivity contribution >= 4 is 11.7 Å². The highest BCUT2D eigenvalue weighted by molar-refractivity contribution is 5.92. The Morgan fingerprint density at radius 3 is 2.65 bits per heavy atom. The lowest BCUT2D eigenvalue weighted by Gasteiger charge is -2.29. The number of nitrogens with one attached hydrogen (secondary N) is 2. The molecule has 0 radical (unpaired) electrons. The second kappa shape index (κ2) is 7.19. The molecule has 1 unspecified atom stereocenters. The van der Waals surface area contributed by atoms with Crippen LogP contribution in [-0.2, 0) is 0 Å². The van der Waals surface area contributed by atoms with Gasteiger partial charge in [0.05, 0.1) is 12.4 Å². The average molecular weight is 277 g/mol. The van der Waals surface area contributed by atoms with Gasteiger partial charge in [-0.25, -0.2) is 9.97 Å². The summed E-state index contributed by atoms with van der Waals surface area (Å²) in [5.74, 6) is 0.493. The second-order valence-electron chi connectivity index (χ2n) is 5.27. The zero-order valence-electron chi connectivity index (χ0n) is 12.2. The van der Waals surface area contributed by atoms with E-state index >= 15 is 0 Å². The minimum absolute atomic E-state index is 0.117. The third-order valence-electron chi connectivity index (χ3n) is 3.50. The van der Waals surface area contributed by atoms with E-state index in [9.17, 15) is 4.79 Å². The fraction of sp³-hybridized carbons (Fsp3) is 0.643. The monoisotopic (exact) mass is 277 g/mol. The molecule has 20 heavy (non-hydrogen) atoms. The van der Waals surface area contributed by atoms with Gasteiger partial charge in [-0.2, -0.15) is 0 Å². The van der Waals surface area contributed by atoms with E-state index in [4.69, 9.17) is 0 Å². The number of hydrogen-bond acceptors (Lipinski definition) is 5. The molecule has 1 saturated heterocycles. The van der Waals surface area contributed by atoms with Crippen molar-refractivity contribution < 1.29 is 4.79 Å². The molecule has 1 aliphatic rings. The fourth-order valence-electron chi connectivity index (χ4n) is 2.45. The Bertz CT molecular complexity index is 428. The molecule has 2 N–H and O–H groups in total. The van der Waals surface area contributed by atoms with E-state index in [1.54, 1.807) is 13.2 Å². The van der Waals surface area contributed by atoms with Gasteiger partial charge in [0.1, 0.15) is 11.5 Å². The molecule has 1 fully saturated rings. The lowest BCUT2D eigenvalue weighted by atomic mass is 10.1. The smallest absolute Gasteiger partial charge is 0.271 e. The van der Waals surface area contributed by atoms with Crippen LogP contribution in [0.5, 0.6) is 0 Å². The molecule has 1 amide bonds. The summed E-state index contributed by atoms with van der Waals surface area (Å²) in [4.78, 5) is 22.6. The van der Waals surface area contributed by atoms with Crippen LogP contribution in [0.15, 0.2) is 12.4 Å². The minimum atomic E-state index is -0.162. The Morgan fingerprint density at radius 1 is 1.30 bits per heavy atom. The van der Waals surface area contributed by atoms with Gasteiger partial charge >= 0.3 is 0 Å². The van der Waals surface area contributed by atoms with Crippen LogP contribution in [0, 0.1) is 0 Å². The summed E-state index contributed by atoms with van der Waals surface area (Å²) >= 11 is 0. The van der Waals surface area contributed by atoms with Crippen LogP contribution in [-0.4, -0.2) is 53.5 Å². The van der Waals surface area contributed by atoms with Crippen LogP contribution >= 0.6 is 0 Å². The van der Waals surface area contributed by atoms with Gasteiger partial charge in [0, 0.05) is 19.6 Å². The maximum Gasteiger partial charge on any atom is 0.271 e. The zero-order chi connectivity index (χ0) is 14.4. The molecule has 0 saturated carbocycles. The number of aromatic nitrogens is 2. The van der Waals surface area contributed by atoms with Gasteiger partial charge in [0.2, 0.25) is 0 Å². The number of amides is 1. The van der Waals surface area contributed by atoms with E-state index in [1.807, 2.05) is 6.92 Å². The number of nitrogens with zero attached hydrogens (tertiary/aromatic N) is 3. The SMILES string of the molecule is CNc1cnc(C(=O)NC(C)CN2CCCCC2)cn1. The Balaban J connectivity index is 1.82. The summed E-state index contributed by atoms with van der Waals surface area (Å²) in [7, 11) is 1.77. The standard InChI is InChI=1S/C14H23N5O/c1-11(10-19-6-4-3-5-7-19)18-14(20)12-8-17-13(15-2)9-16-12/h8-9,11H,3-7,10H2,1-2H3,(H,15,17)(H,18,20). The number of carbonyl (C=O) groups excluding carboxylic acids is 1. The van der Waals surface area contributed by atoms with Crippen LogP contribution < -0.4 is 10.6 Å². The van der Waals surface area contributed by atoms with E-state index < -0.39 is 0 Å². The van der Waals surface area contributed by atoms with Crippen molar-refractivity contribution in [2.75, 3.05) is 32.0 Å². The third kappa shape index (κ3) is 4.16. The van der Waals surface area contributed by atoms with Gasteiger partial charge in [0.25, 0.3) is 5.91 Å². The predicted octanol–water partition coefficient (Wildman–Crippen LogP) is 1.12. The molecule has 6 nitrogen and oxygen atoms in total. The molecule has 0 spiro atoms. The molecule has 110 valence electrons. The van der Waals surface area contributed by atoms with Crippen molar-refractivity contribution in [3.8, 4) is 0 Å². The van der Waals surface area contributed by atoms with Gasteiger partial charge < -0.3 is 15.5 Å². The van der Waals surface area contributed by atoms with Crippen molar-refractivity contribution in [3.05, 3.63) is 18.1 Å². The summed E-state index contributed by atoms with van der Waals surface area (Å²) in [5, 5.41) is 5.85. The first kappa shape index (κ1) is 14.7. The van der Waals surface area contributed by atoms with E-state index in [2.05, 4.69) is 25.5 Å². The lowest BCUT2D eigenvalue weighted by molar-refractivity contribution is 0.0920. The van der Waals surface area contributed by atoms with Gasteiger partial charge in [0.15, 0.2) is 0 Å². The Morgan fingerprint density at radius 2 is 2.05 bits per heavy atom. The van der Waals surface area contributed by atoms with Crippen LogP contribution in [0.25, 0.3) is 0 Å². The van der Waals surface area contributed by atoms with Crippen molar-refractivity contribution in [1.29, 1.82) is 0 Å². The van der Waals surface area contributed by atoms with Gasteiger partial charge in [-0.1, -0.05) is 6.42 Å². The van der Waals surface area contributed by atoms with E-state index in [0.717, 1.165) is 19.6 Å². The second-order valence-corrected chi connectivity index (χ2v) is 5.27.